The highest BCUT2D eigenvalue weighted by molar-refractivity contribution is 7.18. The van der Waals surface area contributed by atoms with Gasteiger partial charge in [0.05, 0.1) is 21.8 Å². The topological polar surface area (TPSA) is 49.3 Å². The van der Waals surface area contributed by atoms with Crippen molar-refractivity contribution in [2.24, 2.45) is 0 Å². The second-order valence-corrected chi connectivity index (χ2v) is 8.27. The molecule has 130 valence electrons. The van der Waals surface area contributed by atoms with Crippen LogP contribution in [0.2, 0.25) is 0 Å². The zero-order valence-corrected chi connectivity index (χ0v) is 15.7. The highest BCUT2D eigenvalue weighted by atomic mass is 32.1. The fraction of sp³-hybridized carbons (Fsp3) is 0.389. The zero-order chi connectivity index (χ0) is 17.2. The van der Waals surface area contributed by atoms with Gasteiger partial charge in [-0.15, -0.1) is 22.7 Å². The maximum Gasteiger partial charge on any atom is 0.242 e. The molecule has 1 fully saturated rings. The van der Waals surface area contributed by atoms with Crippen molar-refractivity contribution in [1.29, 1.82) is 0 Å². The summed E-state index contributed by atoms with van der Waals surface area (Å²) in [5.74, 6) is 0.619. The van der Waals surface area contributed by atoms with Crippen LogP contribution in [0, 0.1) is 0 Å². The lowest BCUT2D eigenvalue weighted by Crippen LogP contribution is -2.42. The minimum Gasteiger partial charge on any atom is -0.294 e. The van der Waals surface area contributed by atoms with Gasteiger partial charge in [-0.2, -0.15) is 0 Å². The highest BCUT2D eigenvalue weighted by Gasteiger charge is 2.25. The van der Waals surface area contributed by atoms with E-state index < -0.39 is 0 Å². The Balaban J connectivity index is 1.34. The number of benzene rings is 1. The van der Waals surface area contributed by atoms with Crippen LogP contribution in [0.1, 0.15) is 23.8 Å². The van der Waals surface area contributed by atoms with Crippen LogP contribution in [0.4, 0.5) is 5.13 Å². The Morgan fingerprint density at radius 1 is 1.32 bits per heavy atom. The van der Waals surface area contributed by atoms with Crippen LogP contribution < -0.4 is 4.90 Å². The predicted octanol–water partition coefficient (Wildman–Crippen LogP) is 3.60. The van der Waals surface area contributed by atoms with Crippen LogP contribution in [0.3, 0.4) is 0 Å². The third kappa shape index (κ3) is 3.58. The lowest BCUT2D eigenvalue weighted by atomic mass is 9.97. The quantitative estimate of drug-likeness (QED) is 0.702. The van der Waals surface area contributed by atoms with Crippen molar-refractivity contribution in [3.8, 4) is 0 Å². The number of hydrogen-bond donors (Lipinski definition) is 0. The summed E-state index contributed by atoms with van der Waals surface area (Å²) < 4.78 is 1.26. The van der Waals surface area contributed by atoms with E-state index in [0.717, 1.165) is 36.6 Å². The van der Waals surface area contributed by atoms with Gasteiger partial charge in [-0.1, -0.05) is 12.1 Å². The minimum absolute atomic E-state index is 0.105. The van der Waals surface area contributed by atoms with Crippen molar-refractivity contribution in [1.82, 2.24) is 14.9 Å². The molecule has 0 aliphatic carbocycles. The number of nitrogens with zero attached hydrogens (tertiary/aromatic N) is 4. The van der Waals surface area contributed by atoms with Gasteiger partial charge >= 0.3 is 0 Å². The van der Waals surface area contributed by atoms with Crippen molar-refractivity contribution >= 4 is 43.9 Å². The van der Waals surface area contributed by atoms with E-state index >= 15 is 0 Å². The summed E-state index contributed by atoms with van der Waals surface area (Å²) in [6, 6.07) is 8.33. The molecule has 4 rings (SSSR count). The Labute approximate surface area is 154 Å². The molecule has 0 unspecified atom stereocenters. The summed E-state index contributed by atoms with van der Waals surface area (Å²) in [7, 11) is 1.80. The molecule has 5 nitrogen and oxygen atoms in total. The number of carbonyl (C=O) groups is 1. The maximum atomic E-state index is 12.4. The SMILES string of the molecule is CN(C(=O)CN1CCC(c2nc3ccccc3s2)CC1)c1nccs1. The number of likely N-dealkylation sites (N-methyl/N-ethyl adjacent to an activating group) is 1. The molecule has 1 amide bonds. The molecule has 0 N–H and O–H groups in total. The average Bonchev–Trinajstić information content (AvgIpc) is 3.31. The molecule has 1 saturated heterocycles. The molecule has 0 radical (unpaired) electrons. The van der Waals surface area contributed by atoms with E-state index in [2.05, 4.69) is 28.1 Å². The van der Waals surface area contributed by atoms with Gasteiger partial charge in [0, 0.05) is 24.5 Å². The fourth-order valence-corrected chi connectivity index (χ4v) is 4.95. The molecule has 3 heterocycles. The van der Waals surface area contributed by atoms with Gasteiger partial charge in [-0.05, 0) is 38.1 Å². The van der Waals surface area contributed by atoms with E-state index in [-0.39, 0.29) is 5.91 Å². The predicted molar refractivity (Wildman–Crippen MR) is 104 cm³/mol. The molecule has 1 aliphatic rings. The molecular weight excluding hydrogens is 352 g/mol. The van der Waals surface area contributed by atoms with Crippen LogP contribution >= 0.6 is 22.7 Å². The van der Waals surface area contributed by atoms with Crippen LogP contribution in [0.25, 0.3) is 10.2 Å². The number of amides is 1. The van der Waals surface area contributed by atoms with Crippen molar-refractivity contribution in [2.75, 3.05) is 31.6 Å². The fourth-order valence-electron chi connectivity index (χ4n) is 3.19. The highest BCUT2D eigenvalue weighted by Crippen LogP contribution is 2.33. The van der Waals surface area contributed by atoms with E-state index in [4.69, 9.17) is 4.98 Å². The van der Waals surface area contributed by atoms with E-state index in [9.17, 15) is 4.79 Å². The van der Waals surface area contributed by atoms with Crippen molar-refractivity contribution in [3.05, 3.63) is 40.8 Å². The molecule has 0 saturated carbocycles. The number of anilines is 1. The van der Waals surface area contributed by atoms with Crippen LogP contribution in [-0.4, -0.2) is 47.5 Å². The summed E-state index contributed by atoms with van der Waals surface area (Å²) in [5.41, 5.74) is 1.10. The number of aromatic nitrogens is 2. The Morgan fingerprint density at radius 3 is 2.84 bits per heavy atom. The number of hydrogen-bond acceptors (Lipinski definition) is 6. The summed E-state index contributed by atoms with van der Waals surface area (Å²) >= 11 is 3.30. The molecule has 1 aliphatic heterocycles. The first kappa shape index (κ1) is 16.6. The first-order chi connectivity index (χ1) is 12.2. The van der Waals surface area contributed by atoms with Gasteiger partial charge in [0.1, 0.15) is 0 Å². The Bertz CT molecular complexity index is 820. The van der Waals surface area contributed by atoms with Gasteiger partial charge in [0.15, 0.2) is 5.13 Å². The molecule has 25 heavy (non-hydrogen) atoms. The largest absolute Gasteiger partial charge is 0.294 e. The molecule has 0 bridgehead atoms. The van der Waals surface area contributed by atoms with Gasteiger partial charge in [0.25, 0.3) is 0 Å². The number of piperidine rings is 1. The minimum atomic E-state index is 0.105. The van der Waals surface area contributed by atoms with Crippen molar-refractivity contribution in [3.63, 3.8) is 0 Å². The Kier molecular flexibility index (Phi) is 4.78. The monoisotopic (exact) mass is 372 g/mol. The zero-order valence-electron chi connectivity index (χ0n) is 14.1. The van der Waals surface area contributed by atoms with E-state index in [1.54, 1.807) is 18.1 Å². The number of thiazole rings is 2. The van der Waals surface area contributed by atoms with Gasteiger partial charge in [-0.3, -0.25) is 14.6 Å². The summed E-state index contributed by atoms with van der Waals surface area (Å²) in [4.78, 5) is 25.3. The van der Waals surface area contributed by atoms with Crippen LogP contribution in [0.5, 0.6) is 0 Å². The van der Waals surface area contributed by atoms with Crippen molar-refractivity contribution in [2.45, 2.75) is 18.8 Å². The molecular formula is C18H20N4OS2. The van der Waals surface area contributed by atoms with Gasteiger partial charge in [-0.25, -0.2) is 9.97 Å². The normalized spacial score (nSPS) is 16.4. The second kappa shape index (κ2) is 7.19. The molecule has 0 spiro atoms. The standard InChI is InChI=1S/C18H20N4OS2/c1-21(18-19-8-11-24-18)16(23)12-22-9-6-13(7-10-22)17-20-14-4-2-3-5-15(14)25-17/h2-5,8,11,13H,6-7,9-10,12H2,1H3. The smallest absolute Gasteiger partial charge is 0.242 e. The summed E-state index contributed by atoms with van der Waals surface area (Å²) in [6.07, 6.45) is 3.86. The summed E-state index contributed by atoms with van der Waals surface area (Å²) in [6.45, 7) is 2.35. The lowest BCUT2D eigenvalue weighted by molar-refractivity contribution is -0.119. The van der Waals surface area contributed by atoms with Crippen LogP contribution in [0.15, 0.2) is 35.8 Å². The molecule has 3 aromatic rings. The molecule has 7 heteroatoms. The summed E-state index contributed by atoms with van der Waals surface area (Å²) in [5, 5.41) is 3.89. The van der Waals surface area contributed by atoms with E-state index in [1.807, 2.05) is 22.8 Å². The Hall–Kier alpha value is -1.83. The Morgan fingerprint density at radius 2 is 2.12 bits per heavy atom. The first-order valence-electron chi connectivity index (χ1n) is 8.44. The lowest BCUT2D eigenvalue weighted by Gasteiger charge is -2.31. The van der Waals surface area contributed by atoms with Crippen LogP contribution in [-0.2, 0) is 4.79 Å². The molecule has 2 aromatic heterocycles. The second-order valence-electron chi connectivity index (χ2n) is 6.34. The van der Waals surface area contributed by atoms with E-state index in [1.165, 1.54) is 21.0 Å². The molecule has 0 atom stereocenters. The van der Waals surface area contributed by atoms with Gasteiger partial charge < -0.3 is 0 Å². The number of carbonyl (C=O) groups excluding carboxylic acids is 1. The number of rotatable bonds is 4. The average molecular weight is 373 g/mol. The number of fused-ring (bicyclic) bond motifs is 1. The third-order valence-electron chi connectivity index (χ3n) is 4.69. The number of likely N-dealkylation sites (tertiary alicyclic amines) is 1. The first-order valence-corrected chi connectivity index (χ1v) is 10.1. The third-order valence-corrected chi connectivity index (χ3v) is 6.73. The van der Waals surface area contributed by atoms with Gasteiger partial charge in [0.2, 0.25) is 5.91 Å². The maximum absolute atomic E-state index is 12.4. The van der Waals surface area contributed by atoms with E-state index in [0.29, 0.717) is 12.5 Å². The van der Waals surface area contributed by atoms with Crippen molar-refractivity contribution < 1.29 is 4.79 Å². The molecule has 1 aromatic carbocycles. The number of para-hydroxylation sites is 1.